The van der Waals surface area contributed by atoms with Crippen LogP contribution in [0.3, 0.4) is 0 Å². The number of nitrogens with one attached hydrogen (secondary N) is 1. The normalized spacial score (nSPS) is 11.8. The van der Waals surface area contributed by atoms with E-state index in [1.165, 1.54) is 12.1 Å². The highest BCUT2D eigenvalue weighted by molar-refractivity contribution is 7.91. The topological polar surface area (TPSA) is 46.2 Å². The van der Waals surface area contributed by atoms with Gasteiger partial charge in [-0.1, -0.05) is 12.1 Å². The van der Waals surface area contributed by atoms with Gasteiger partial charge in [-0.15, -0.1) is 11.6 Å². The minimum atomic E-state index is -4.58. The van der Waals surface area contributed by atoms with E-state index in [0.717, 1.165) is 6.07 Å². The van der Waals surface area contributed by atoms with Crippen LogP contribution in [0.4, 0.5) is 14.5 Å². The fourth-order valence-electron chi connectivity index (χ4n) is 1.14. The maximum absolute atomic E-state index is 12.4. The van der Waals surface area contributed by atoms with Gasteiger partial charge in [-0.3, -0.25) is 0 Å². The van der Waals surface area contributed by atoms with Gasteiger partial charge in [-0.05, 0) is 12.1 Å². The molecule has 0 saturated heterocycles. The molecule has 0 aliphatic rings. The molecule has 16 heavy (non-hydrogen) atoms. The molecule has 0 aliphatic carbocycles. The average Bonchev–Trinajstić information content (AvgIpc) is 2.26. The molecule has 0 aliphatic heterocycles. The zero-order valence-electron chi connectivity index (χ0n) is 8.16. The van der Waals surface area contributed by atoms with Crippen molar-refractivity contribution in [2.75, 3.05) is 17.7 Å². The summed E-state index contributed by atoms with van der Waals surface area (Å²) >= 11 is 5.42. The first-order valence-corrected chi connectivity index (χ1v) is 6.49. The van der Waals surface area contributed by atoms with Crippen LogP contribution in [0.1, 0.15) is 0 Å². The summed E-state index contributed by atoms with van der Waals surface area (Å²) < 4.78 is 47.3. The lowest BCUT2D eigenvalue weighted by molar-refractivity contribution is 0.235. The first-order chi connectivity index (χ1) is 7.50. The molecule has 0 saturated carbocycles. The van der Waals surface area contributed by atoms with E-state index in [9.17, 15) is 17.2 Å². The van der Waals surface area contributed by atoms with E-state index >= 15 is 0 Å². The third kappa shape index (κ3) is 2.82. The minimum Gasteiger partial charge on any atom is -0.383 e. The first kappa shape index (κ1) is 13.2. The van der Waals surface area contributed by atoms with Crippen molar-refractivity contribution in [3.8, 4) is 0 Å². The summed E-state index contributed by atoms with van der Waals surface area (Å²) in [5.41, 5.74) is 0.142. The lowest BCUT2D eigenvalue weighted by atomic mass is 10.3. The molecule has 0 aromatic heterocycles. The number of benzene rings is 1. The number of anilines is 1. The Morgan fingerprint density at radius 1 is 1.31 bits per heavy atom. The van der Waals surface area contributed by atoms with Crippen LogP contribution in [-0.2, 0) is 9.84 Å². The summed E-state index contributed by atoms with van der Waals surface area (Å²) in [6.45, 7) is 0.303. The van der Waals surface area contributed by atoms with Gasteiger partial charge in [0.05, 0.1) is 10.6 Å². The van der Waals surface area contributed by atoms with Crippen LogP contribution >= 0.6 is 11.6 Å². The first-order valence-electron chi connectivity index (χ1n) is 4.41. The molecular formula is C9H10ClF2NO2S. The van der Waals surface area contributed by atoms with Gasteiger partial charge in [0.15, 0.2) is 0 Å². The van der Waals surface area contributed by atoms with E-state index in [-0.39, 0.29) is 11.6 Å². The van der Waals surface area contributed by atoms with Crippen molar-refractivity contribution in [2.24, 2.45) is 0 Å². The van der Waals surface area contributed by atoms with E-state index in [1.54, 1.807) is 6.07 Å². The molecule has 0 bridgehead atoms. The highest BCUT2D eigenvalue weighted by Crippen LogP contribution is 2.25. The number of sulfone groups is 1. The predicted molar refractivity (Wildman–Crippen MR) is 58.8 cm³/mol. The summed E-state index contributed by atoms with van der Waals surface area (Å²) in [5, 5.41) is 2.68. The molecule has 1 N–H and O–H groups in total. The van der Waals surface area contributed by atoms with Crippen LogP contribution < -0.4 is 5.32 Å². The molecule has 3 nitrogen and oxygen atoms in total. The van der Waals surface area contributed by atoms with Crippen LogP contribution in [0.15, 0.2) is 29.2 Å². The second-order valence-electron chi connectivity index (χ2n) is 2.92. The Hall–Kier alpha value is -0.880. The van der Waals surface area contributed by atoms with Crippen LogP contribution in [0.5, 0.6) is 0 Å². The number of halogens is 3. The fourth-order valence-corrected chi connectivity index (χ4v) is 2.14. The highest BCUT2D eigenvalue weighted by Gasteiger charge is 2.28. The molecule has 0 fully saturated rings. The Morgan fingerprint density at radius 2 is 1.94 bits per heavy atom. The Balaban J connectivity index is 3.13. The number of alkyl halides is 3. The second-order valence-corrected chi connectivity index (χ2v) is 5.18. The van der Waals surface area contributed by atoms with E-state index in [4.69, 9.17) is 11.6 Å². The second kappa shape index (κ2) is 5.45. The van der Waals surface area contributed by atoms with Crippen molar-refractivity contribution >= 4 is 27.1 Å². The van der Waals surface area contributed by atoms with Gasteiger partial charge in [-0.25, -0.2) is 8.42 Å². The third-order valence-electron chi connectivity index (χ3n) is 1.84. The SMILES string of the molecule is O=S(=O)(c1ccccc1NCCCl)C(F)F. The molecule has 0 atom stereocenters. The molecular weight excluding hydrogens is 260 g/mol. The molecule has 0 heterocycles. The van der Waals surface area contributed by atoms with Crippen molar-refractivity contribution < 1.29 is 17.2 Å². The van der Waals surface area contributed by atoms with Gasteiger partial charge >= 0.3 is 5.76 Å². The third-order valence-corrected chi connectivity index (χ3v) is 3.47. The monoisotopic (exact) mass is 269 g/mol. The van der Waals surface area contributed by atoms with Crippen molar-refractivity contribution in [1.82, 2.24) is 0 Å². The van der Waals surface area contributed by atoms with Crippen LogP contribution in [0.25, 0.3) is 0 Å². The van der Waals surface area contributed by atoms with Gasteiger partial charge in [0.1, 0.15) is 0 Å². The zero-order valence-corrected chi connectivity index (χ0v) is 9.73. The number of rotatable bonds is 5. The molecule has 0 amide bonds. The van der Waals surface area contributed by atoms with E-state index in [2.05, 4.69) is 5.32 Å². The molecule has 90 valence electrons. The molecule has 0 radical (unpaired) electrons. The van der Waals surface area contributed by atoms with E-state index in [0.29, 0.717) is 6.54 Å². The lowest BCUT2D eigenvalue weighted by Crippen LogP contribution is -2.14. The fraction of sp³-hybridized carbons (Fsp3) is 0.333. The van der Waals surface area contributed by atoms with Gasteiger partial charge in [0, 0.05) is 12.4 Å². The summed E-state index contributed by atoms with van der Waals surface area (Å²) in [4.78, 5) is -0.407. The number of hydrogen-bond acceptors (Lipinski definition) is 3. The molecule has 0 unspecified atom stereocenters. The number of para-hydroxylation sites is 1. The molecule has 7 heteroatoms. The average molecular weight is 270 g/mol. The van der Waals surface area contributed by atoms with Crippen molar-refractivity contribution in [1.29, 1.82) is 0 Å². The van der Waals surface area contributed by atoms with E-state index in [1.807, 2.05) is 0 Å². The summed E-state index contributed by atoms with van der Waals surface area (Å²) in [6, 6.07) is 5.50. The number of hydrogen-bond donors (Lipinski definition) is 1. The Bertz CT molecular complexity index is 451. The van der Waals surface area contributed by atoms with Gasteiger partial charge in [-0.2, -0.15) is 8.78 Å². The highest BCUT2D eigenvalue weighted by atomic mass is 35.5. The van der Waals surface area contributed by atoms with Crippen LogP contribution in [0, 0.1) is 0 Å². The Morgan fingerprint density at radius 3 is 2.50 bits per heavy atom. The lowest BCUT2D eigenvalue weighted by Gasteiger charge is -2.10. The molecule has 1 aromatic rings. The molecule has 1 aromatic carbocycles. The van der Waals surface area contributed by atoms with Crippen molar-refractivity contribution in [2.45, 2.75) is 10.7 Å². The minimum absolute atomic E-state index is 0.142. The summed E-state index contributed by atoms with van der Waals surface area (Å²) in [6.07, 6.45) is 0. The molecule has 0 spiro atoms. The Labute approximate surface area is 97.3 Å². The Kier molecular flexibility index (Phi) is 4.49. The standard InChI is InChI=1S/C9H10ClF2NO2S/c10-5-6-13-7-3-1-2-4-8(7)16(14,15)9(11)12/h1-4,9,13H,5-6H2. The van der Waals surface area contributed by atoms with E-state index < -0.39 is 20.5 Å². The van der Waals surface area contributed by atoms with Gasteiger partial charge in [0.25, 0.3) is 0 Å². The zero-order chi connectivity index (χ0) is 12.2. The summed E-state index contributed by atoms with van der Waals surface area (Å²) in [5.74, 6) is -3.17. The maximum Gasteiger partial charge on any atom is 0.341 e. The van der Waals surface area contributed by atoms with Gasteiger partial charge < -0.3 is 5.32 Å². The van der Waals surface area contributed by atoms with Crippen molar-refractivity contribution in [3.63, 3.8) is 0 Å². The maximum atomic E-state index is 12.4. The van der Waals surface area contributed by atoms with Crippen molar-refractivity contribution in [3.05, 3.63) is 24.3 Å². The van der Waals surface area contributed by atoms with Gasteiger partial charge in [0.2, 0.25) is 9.84 Å². The smallest absolute Gasteiger partial charge is 0.341 e. The van der Waals surface area contributed by atoms with Crippen LogP contribution in [-0.4, -0.2) is 26.6 Å². The van der Waals surface area contributed by atoms with Crippen LogP contribution in [0.2, 0.25) is 0 Å². The quantitative estimate of drug-likeness (QED) is 0.835. The largest absolute Gasteiger partial charge is 0.383 e. The predicted octanol–water partition coefficient (Wildman–Crippen LogP) is 2.33. The summed E-state index contributed by atoms with van der Waals surface area (Å²) in [7, 11) is -4.58. The molecule has 1 rings (SSSR count).